The fourth-order valence-electron chi connectivity index (χ4n) is 1.02. The van der Waals surface area contributed by atoms with E-state index in [0.29, 0.717) is 17.0 Å². The van der Waals surface area contributed by atoms with Crippen LogP contribution in [0.2, 0.25) is 0 Å². The Kier molecular flexibility index (Phi) is 1.71. The van der Waals surface area contributed by atoms with Crippen LogP contribution in [0.15, 0.2) is 18.2 Å². The Hall–Kier alpha value is -1.12. The molecule has 0 saturated heterocycles. The second-order valence-electron chi connectivity index (χ2n) is 2.32. The summed E-state index contributed by atoms with van der Waals surface area (Å²) in [6.45, 7) is 0. The molecule has 1 aliphatic heterocycles. The highest BCUT2D eigenvalue weighted by molar-refractivity contribution is 7.54. The molecule has 0 saturated carbocycles. The van der Waals surface area contributed by atoms with Crippen LogP contribution in [0, 0.1) is 0 Å². The number of fused-ring (bicyclic) bond motifs is 1. The molecule has 0 radical (unpaired) electrons. The van der Waals surface area contributed by atoms with Gasteiger partial charge in [-0.1, -0.05) is 6.07 Å². The Morgan fingerprint density at radius 1 is 1.42 bits per heavy atom. The second kappa shape index (κ2) is 2.73. The molecule has 1 aliphatic rings. The lowest BCUT2D eigenvalue weighted by molar-refractivity contribution is -0.0863. The third-order valence-electron chi connectivity index (χ3n) is 1.55. The molecular weight excluding hydrogens is 177 g/mol. The number of hydrogen-bond acceptors (Lipinski definition) is 4. The molecule has 1 atom stereocenters. The summed E-state index contributed by atoms with van der Waals surface area (Å²) in [5.74, 6) is 0.402. The second-order valence-corrected chi connectivity index (χ2v) is 3.14. The van der Waals surface area contributed by atoms with E-state index in [2.05, 4.69) is 4.67 Å². The molecule has 0 amide bonds. The summed E-state index contributed by atoms with van der Waals surface area (Å²) >= 11 is 0. The molecule has 0 bridgehead atoms. The first-order valence-electron chi connectivity index (χ1n) is 3.31. The maximum atomic E-state index is 11.2. The first kappa shape index (κ1) is 7.53. The van der Waals surface area contributed by atoms with Crippen LogP contribution in [0.1, 0.15) is 10.4 Å². The molecule has 12 heavy (non-hydrogen) atoms. The number of benzene rings is 1. The Bertz CT molecular complexity index is 339. The Labute approximate surface area is 70.4 Å². The fourth-order valence-corrected chi connectivity index (χ4v) is 1.59. The molecule has 0 aliphatic carbocycles. The van der Waals surface area contributed by atoms with Crippen LogP contribution in [-0.4, -0.2) is 5.52 Å². The van der Waals surface area contributed by atoms with Crippen molar-refractivity contribution >= 4 is 20.0 Å². The fraction of sp³-hybridized carbons (Fsp3) is 0. The molecule has 62 valence electrons. The Morgan fingerprint density at radius 2 is 2.25 bits per heavy atom. The van der Waals surface area contributed by atoms with Gasteiger partial charge in [-0.15, -0.1) is 0 Å². The summed E-state index contributed by atoms with van der Waals surface area (Å²) in [6, 6.07) is 5.02. The van der Waals surface area contributed by atoms with Gasteiger partial charge >= 0.3 is 0 Å². The van der Waals surface area contributed by atoms with Crippen molar-refractivity contribution in [1.29, 1.82) is 0 Å². The van der Waals surface area contributed by atoms with Crippen LogP contribution in [0.5, 0.6) is 5.75 Å². The lowest BCUT2D eigenvalue weighted by Crippen LogP contribution is -2.08. The molecule has 4 nitrogen and oxygen atoms in total. The number of nitrogen functional groups attached to an aromatic ring is 1. The van der Waals surface area contributed by atoms with Gasteiger partial charge in [-0.05, 0) is 12.1 Å². The van der Waals surface area contributed by atoms with Gasteiger partial charge in [-0.3, -0.25) is 4.79 Å². The summed E-state index contributed by atoms with van der Waals surface area (Å²) in [5, 5.41) is 0. The van der Waals surface area contributed by atoms with Crippen molar-refractivity contribution in [3.8, 4) is 5.75 Å². The molecule has 0 fully saturated rings. The lowest BCUT2D eigenvalue weighted by atomic mass is 10.2. The smallest absolute Gasteiger partial charge is 0.218 e. The molecule has 2 rings (SSSR count). The van der Waals surface area contributed by atoms with Crippen molar-refractivity contribution in [3.05, 3.63) is 23.8 Å². The topological polar surface area (TPSA) is 61.6 Å². The standard InChI is InChI=1S/C7H6NO3P/c8-4-2-1-3-5-6(4)7(9)12-11-10-5/h1-3,12H,8H2. The Morgan fingerprint density at radius 3 is 3.00 bits per heavy atom. The van der Waals surface area contributed by atoms with Crippen LogP contribution < -0.4 is 10.6 Å². The first-order valence-corrected chi connectivity index (χ1v) is 4.22. The minimum atomic E-state index is -0.302. The maximum Gasteiger partial charge on any atom is 0.218 e. The molecule has 1 aromatic rings. The number of hydrogen-bond donors (Lipinski definition) is 1. The van der Waals surface area contributed by atoms with E-state index in [4.69, 9.17) is 10.6 Å². The van der Waals surface area contributed by atoms with Crippen LogP contribution >= 0.6 is 8.81 Å². The van der Waals surface area contributed by atoms with E-state index >= 15 is 0 Å². The van der Waals surface area contributed by atoms with Gasteiger partial charge in [0.05, 0.1) is 5.56 Å². The van der Waals surface area contributed by atoms with E-state index < -0.39 is 0 Å². The molecule has 2 N–H and O–H groups in total. The normalized spacial score (nSPS) is 17.2. The predicted octanol–water partition coefficient (Wildman–Crippen LogP) is 1.33. The van der Waals surface area contributed by atoms with Crippen molar-refractivity contribution in [2.75, 3.05) is 5.73 Å². The molecule has 5 heteroatoms. The zero-order valence-corrected chi connectivity index (χ0v) is 7.03. The van der Waals surface area contributed by atoms with Crippen LogP contribution in [0.25, 0.3) is 0 Å². The number of anilines is 1. The van der Waals surface area contributed by atoms with E-state index in [1.54, 1.807) is 18.2 Å². The Balaban J connectivity index is 2.60. The van der Waals surface area contributed by atoms with Crippen LogP contribution in [-0.2, 0) is 4.67 Å². The summed E-state index contributed by atoms with van der Waals surface area (Å²) in [4.78, 5) is 16.0. The van der Waals surface area contributed by atoms with Gasteiger partial charge < -0.3 is 10.6 Å². The summed E-state index contributed by atoms with van der Waals surface area (Å²) < 4.78 is 4.59. The minimum Gasteiger partial charge on any atom is -0.398 e. The molecule has 0 aromatic heterocycles. The minimum absolute atomic E-state index is 0.116. The van der Waals surface area contributed by atoms with Crippen molar-refractivity contribution < 1.29 is 14.4 Å². The first-order chi connectivity index (χ1) is 5.79. The highest BCUT2D eigenvalue weighted by atomic mass is 31.1. The molecule has 1 aromatic carbocycles. The lowest BCUT2D eigenvalue weighted by Gasteiger charge is -2.14. The molecule has 0 spiro atoms. The third kappa shape index (κ3) is 1.05. The highest BCUT2D eigenvalue weighted by Crippen LogP contribution is 2.36. The largest absolute Gasteiger partial charge is 0.398 e. The van der Waals surface area contributed by atoms with Gasteiger partial charge in [-0.25, -0.2) is 0 Å². The predicted molar refractivity (Wildman–Crippen MR) is 45.2 cm³/mol. The van der Waals surface area contributed by atoms with E-state index in [1.165, 1.54) is 0 Å². The van der Waals surface area contributed by atoms with Crippen LogP contribution in [0.4, 0.5) is 5.69 Å². The van der Waals surface area contributed by atoms with Gasteiger partial charge in [0, 0.05) is 5.69 Å². The average molecular weight is 183 g/mol. The number of carbonyl (C=O) groups is 1. The third-order valence-corrected chi connectivity index (χ3v) is 2.15. The van der Waals surface area contributed by atoms with Crippen molar-refractivity contribution in [1.82, 2.24) is 0 Å². The quantitative estimate of drug-likeness (QED) is 0.374. The summed E-state index contributed by atoms with van der Waals surface area (Å²) in [7, 11) is -0.302. The van der Waals surface area contributed by atoms with E-state index in [9.17, 15) is 4.79 Å². The zero-order chi connectivity index (χ0) is 8.55. The van der Waals surface area contributed by atoms with Gasteiger partial charge in [0.15, 0.2) is 5.75 Å². The van der Waals surface area contributed by atoms with Gasteiger partial charge in [0.1, 0.15) is 8.81 Å². The van der Waals surface area contributed by atoms with Crippen molar-refractivity contribution in [2.24, 2.45) is 0 Å². The molecule has 1 unspecified atom stereocenters. The SMILES string of the molecule is Nc1cccc2c1C(=O)POO2. The van der Waals surface area contributed by atoms with Gasteiger partial charge in [0.2, 0.25) is 5.52 Å². The molecular formula is C7H6NO3P. The number of carbonyl (C=O) groups excluding carboxylic acids is 1. The van der Waals surface area contributed by atoms with Gasteiger partial charge in [-0.2, -0.15) is 4.67 Å². The monoisotopic (exact) mass is 183 g/mol. The number of rotatable bonds is 0. The maximum absolute atomic E-state index is 11.2. The van der Waals surface area contributed by atoms with E-state index in [0.717, 1.165) is 0 Å². The van der Waals surface area contributed by atoms with Crippen molar-refractivity contribution in [2.45, 2.75) is 0 Å². The number of nitrogens with two attached hydrogens (primary N) is 1. The highest BCUT2D eigenvalue weighted by Gasteiger charge is 2.22. The van der Waals surface area contributed by atoms with Gasteiger partial charge in [0.25, 0.3) is 0 Å². The van der Waals surface area contributed by atoms with Crippen molar-refractivity contribution in [3.63, 3.8) is 0 Å². The van der Waals surface area contributed by atoms with Crippen LogP contribution in [0.3, 0.4) is 0 Å². The van der Waals surface area contributed by atoms with E-state index in [1.807, 2.05) is 0 Å². The average Bonchev–Trinajstić information content (AvgIpc) is 2.04. The summed E-state index contributed by atoms with van der Waals surface area (Å²) in [5.41, 5.74) is 6.33. The summed E-state index contributed by atoms with van der Waals surface area (Å²) in [6.07, 6.45) is 0. The molecule has 1 heterocycles. The zero-order valence-electron chi connectivity index (χ0n) is 6.03. The van der Waals surface area contributed by atoms with E-state index in [-0.39, 0.29) is 14.3 Å².